The Balaban J connectivity index is 2.09. The number of hydrogen-bond acceptors (Lipinski definition) is 2. The van der Waals surface area contributed by atoms with E-state index in [1.807, 2.05) is 48.5 Å². The van der Waals surface area contributed by atoms with Crippen molar-refractivity contribution >= 4 is 29.5 Å². The van der Waals surface area contributed by atoms with Gasteiger partial charge in [0.05, 0.1) is 5.69 Å². The van der Waals surface area contributed by atoms with E-state index in [1.165, 1.54) is 0 Å². The number of nitrogens with zero attached hydrogens (tertiary/aromatic N) is 2. The minimum Gasteiger partial charge on any atom is -0.311 e. The van der Waals surface area contributed by atoms with Crippen molar-refractivity contribution in [3.8, 4) is 0 Å². The first-order valence-electron chi connectivity index (χ1n) is 6.85. The summed E-state index contributed by atoms with van der Waals surface area (Å²) in [5.74, 6) is 0. The molecule has 3 aromatic rings. The van der Waals surface area contributed by atoms with Gasteiger partial charge in [-0.3, -0.25) is 4.99 Å². The zero-order valence-corrected chi connectivity index (χ0v) is 11.7. The van der Waals surface area contributed by atoms with Crippen LogP contribution in [-0.4, -0.2) is 6.72 Å². The van der Waals surface area contributed by atoms with Crippen LogP contribution >= 0.6 is 0 Å². The first-order valence-corrected chi connectivity index (χ1v) is 6.85. The number of anilines is 3. The van der Waals surface area contributed by atoms with E-state index in [9.17, 15) is 0 Å². The van der Waals surface area contributed by atoms with Crippen LogP contribution in [0.25, 0.3) is 0 Å². The van der Waals surface area contributed by atoms with Crippen LogP contribution in [0.4, 0.5) is 22.7 Å². The molecule has 0 aliphatic heterocycles. The number of para-hydroxylation sites is 2. The topological polar surface area (TPSA) is 15.6 Å². The second-order valence-corrected chi connectivity index (χ2v) is 4.68. The summed E-state index contributed by atoms with van der Waals surface area (Å²) >= 11 is 0. The Bertz CT molecular complexity index is 664. The van der Waals surface area contributed by atoms with Crippen molar-refractivity contribution in [2.24, 2.45) is 4.99 Å². The Hall–Kier alpha value is -2.87. The van der Waals surface area contributed by atoms with E-state index in [0.29, 0.717) is 0 Å². The third-order valence-corrected chi connectivity index (χ3v) is 3.32. The first-order chi connectivity index (χ1) is 10.4. The van der Waals surface area contributed by atoms with Gasteiger partial charge in [0.1, 0.15) is 0 Å². The lowest BCUT2D eigenvalue weighted by Gasteiger charge is -2.25. The first kappa shape index (κ1) is 13.1. The number of benzene rings is 3. The van der Waals surface area contributed by atoms with Crippen LogP contribution in [0.2, 0.25) is 0 Å². The SMILES string of the molecule is C=Nc1ccc(N(c2ccccc2)c2ccccc2)cc1. The van der Waals surface area contributed by atoms with Crippen molar-refractivity contribution in [3.05, 3.63) is 84.9 Å². The molecule has 0 aliphatic rings. The smallest absolute Gasteiger partial charge is 0.0623 e. The molecule has 0 saturated carbocycles. The minimum absolute atomic E-state index is 0.875. The highest BCUT2D eigenvalue weighted by Crippen LogP contribution is 2.34. The molecular weight excluding hydrogens is 256 g/mol. The molecule has 0 heterocycles. The Morgan fingerprint density at radius 2 is 1.00 bits per heavy atom. The summed E-state index contributed by atoms with van der Waals surface area (Å²) in [6.45, 7) is 3.56. The van der Waals surface area contributed by atoms with Gasteiger partial charge < -0.3 is 4.90 Å². The molecule has 3 aromatic carbocycles. The molecule has 0 saturated heterocycles. The van der Waals surface area contributed by atoms with Crippen molar-refractivity contribution in [1.82, 2.24) is 0 Å². The molecule has 0 bridgehead atoms. The van der Waals surface area contributed by atoms with E-state index in [0.717, 1.165) is 22.7 Å². The summed E-state index contributed by atoms with van der Waals surface area (Å²) in [6.07, 6.45) is 0. The van der Waals surface area contributed by atoms with Crippen molar-refractivity contribution in [1.29, 1.82) is 0 Å². The van der Waals surface area contributed by atoms with Gasteiger partial charge in [-0.2, -0.15) is 0 Å². The molecule has 21 heavy (non-hydrogen) atoms. The van der Waals surface area contributed by atoms with E-state index in [-0.39, 0.29) is 0 Å². The van der Waals surface area contributed by atoms with Gasteiger partial charge in [-0.05, 0) is 55.2 Å². The van der Waals surface area contributed by atoms with Gasteiger partial charge >= 0.3 is 0 Å². The fourth-order valence-electron chi connectivity index (χ4n) is 2.31. The highest BCUT2D eigenvalue weighted by Gasteiger charge is 2.11. The molecule has 0 aromatic heterocycles. The standard InChI is InChI=1S/C19H16N2/c1-20-16-12-14-19(15-13-16)21(17-8-4-2-5-9-17)18-10-6-3-7-11-18/h2-15H,1H2. The fourth-order valence-corrected chi connectivity index (χ4v) is 2.31. The molecule has 0 amide bonds. The number of rotatable bonds is 4. The average Bonchev–Trinajstić information content (AvgIpc) is 2.58. The van der Waals surface area contributed by atoms with E-state index in [4.69, 9.17) is 0 Å². The third kappa shape index (κ3) is 2.84. The van der Waals surface area contributed by atoms with Crippen LogP contribution in [-0.2, 0) is 0 Å². The maximum absolute atomic E-state index is 3.95. The van der Waals surface area contributed by atoms with Crippen LogP contribution in [0.1, 0.15) is 0 Å². The molecule has 102 valence electrons. The lowest BCUT2D eigenvalue weighted by atomic mass is 10.2. The summed E-state index contributed by atoms with van der Waals surface area (Å²) in [5, 5.41) is 0. The zero-order chi connectivity index (χ0) is 14.5. The van der Waals surface area contributed by atoms with Crippen LogP contribution < -0.4 is 4.90 Å². The normalized spacial score (nSPS) is 10.1. The maximum atomic E-state index is 3.95. The van der Waals surface area contributed by atoms with Crippen LogP contribution in [0.3, 0.4) is 0 Å². The Morgan fingerprint density at radius 3 is 1.43 bits per heavy atom. The molecule has 2 nitrogen and oxygen atoms in total. The predicted octanol–water partition coefficient (Wildman–Crippen LogP) is 5.49. The largest absolute Gasteiger partial charge is 0.311 e. The maximum Gasteiger partial charge on any atom is 0.0623 e. The van der Waals surface area contributed by atoms with Crippen LogP contribution in [0.15, 0.2) is 89.9 Å². The van der Waals surface area contributed by atoms with Gasteiger partial charge in [0.2, 0.25) is 0 Å². The van der Waals surface area contributed by atoms with E-state index >= 15 is 0 Å². The molecule has 0 aliphatic carbocycles. The molecule has 0 atom stereocenters. The molecule has 0 unspecified atom stereocenters. The molecule has 0 radical (unpaired) electrons. The number of aliphatic imine (C=N–C) groups is 1. The van der Waals surface area contributed by atoms with E-state index in [2.05, 4.69) is 53.0 Å². The van der Waals surface area contributed by atoms with E-state index in [1.54, 1.807) is 0 Å². The molecule has 0 fully saturated rings. The van der Waals surface area contributed by atoms with Gasteiger partial charge in [0.15, 0.2) is 0 Å². The number of hydrogen-bond donors (Lipinski definition) is 0. The minimum atomic E-state index is 0.875. The lowest BCUT2D eigenvalue weighted by molar-refractivity contribution is 1.28. The van der Waals surface area contributed by atoms with Gasteiger partial charge in [-0.1, -0.05) is 36.4 Å². The van der Waals surface area contributed by atoms with Crippen LogP contribution in [0, 0.1) is 0 Å². The molecule has 2 heteroatoms. The molecule has 0 N–H and O–H groups in total. The Kier molecular flexibility index (Phi) is 3.79. The second kappa shape index (κ2) is 6.06. The van der Waals surface area contributed by atoms with Gasteiger partial charge in [-0.15, -0.1) is 0 Å². The molecule has 3 rings (SSSR count). The van der Waals surface area contributed by atoms with Gasteiger partial charge in [-0.25, -0.2) is 0 Å². The van der Waals surface area contributed by atoms with E-state index < -0.39 is 0 Å². The summed E-state index contributed by atoms with van der Waals surface area (Å²) in [7, 11) is 0. The van der Waals surface area contributed by atoms with Crippen LogP contribution in [0.5, 0.6) is 0 Å². The zero-order valence-electron chi connectivity index (χ0n) is 11.7. The van der Waals surface area contributed by atoms with Crippen molar-refractivity contribution < 1.29 is 0 Å². The lowest BCUT2D eigenvalue weighted by Crippen LogP contribution is -2.09. The fraction of sp³-hybridized carbons (Fsp3) is 0. The highest BCUT2D eigenvalue weighted by atomic mass is 15.1. The van der Waals surface area contributed by atoms with Crippen molar-refractivity contribution in [3.63, 3.8) is 0 Å². The van der Waals surface area contributed by atoms with Crippen molar-refractivity contribution in [2.75, 3.05) is 4.90 Å². The van der Waals surface area contributed by atoms with Crippen molar-refractivity contribution in [2.45, 2.75) is 0 Å². The summed E-state index contributed by atoms with van der Waals surface area (Å²) < 4.78 is 0. The Morgan fingerprint density at radius 1 is 0.571 bits per heavy atom. The summed E-state index contributed by atoms with van der Waals surface area (Å²) in [5.41, 5.74) is 4.23. The predicted molar refractivity (Wildman–Crippen MR) is 90.3 cm³/mol. The average molecular weight is 272 g/mol. The monoisotopic (exact) mass is 272 g/mol. The van der Waals surface area contributed by atoms with Gasteiger partial charge in [0.25, 0.3) is 0 Å². The Labute approximate surface area is 125 Å². The highest BCUT2D eigenvalue weighted by molar-refractivity contribution is 5.76. The summed E-state index contributed by atoms with van der Waals surface area (Å²) in [6, 6.07) is 28.7. The quantitative estimate of drug-likeness (QED) is 0.573. The third-order valence-electron chi connectivity index (χ3n) is 3.32. The second-order valence-electron chi connectivity index (χ2n) is 4.68. The van der Waals surface area contributed by atoms with Gasteiger partial charge in [0, 0.05) is 17.1 Å². The molecular formula is C19H16N2. The summed E-state index contributed by atoms with van der Waals surface area (Å²) in [4.78, 5) is 6.16. The molecule has 0 spiro atoms.